The molecule has 0 saturated heterocycles. The van der Waals surface area contributed by atoms with E-state index in [-0.39, 0.29) is 22.6 Å². The summed E-state index contributed by atoms with van der Waals surface area (Å²) in [5, 5.41) is 11.4. The number of fused-ring (bicyclic) bond motifs is 1. The molecule has 16 heavy (non-hydrogen) atoms. The number of Topliss-reactive ketones (excluding diaryl/α,β-unsaturated/α-hetero) is 1. The van der Waals surface area contributed by atoms with Gasteiger partial charge in [-0.05, 0) is 12.1 Å². The van der Waals surface area contributed by atoms with Crippen LogP contribution in [-0.4, -0.2) is 16.0 Å². The molecule has 82 valence electrons. The van der Waals surface area contributed by atoms with Gasteiger partial charge in [-0.3, -0.25) is 14.9 Å². The SMILES string of the molecule is O=C(CBr)c1cc2ccc([N+](=O)[O-])cc2o1. The Labute approximate surface area is 98.3 Å². The number of alkyl halides is 1. The number of benzene rings is 1. The van der Waals surface area contributed by atoms with E-state index in [1.54, 1.807) is 12.1 Å². The molecule has 2 rings (SSSR count). The van der Waals surface area contributed by atoms with Gasteiger partial charge in [-0.15, -0.1) is 0 Å². The van der Waals surface area contributed by atoms with Crippen molar-refractivity contribution in [2.45, 2.75) is 0 Å². The highest BCUT2D eigenvalue weighted by Gasteiger charge is 2.13. The van der Waals surface area contributed by atoms with Crippen LogP contribution in [0.1, 0.15) is 10.6 Å². The Morgan fingerprint density at radius 3 is 2.81 bits per heavy atom. The molecular weight excluding hydrogens is 278 g/mol. The van der Waals surface area contributed by atoms with Crippen LogP contribution in [0.4, 0.5) is 5.69 Å². The van der Waals surface area contributed by atoms with Crippen LogP contribution >= 0.6 is 15.9 Å². The predicted octanol–water partition coefficient (Wildman–Crippen LogP) is 2.92. The minimum Gasteiger partial charge on any atom is -0.453 e. The van der Waals surface area contributed by atoms with Gasteiger partial charge in [0.15, 0.2) is 5.76 Å². The van der Waals surface area contributed by atoms with E-state index in [1.807, 2.05) is 0 Å². The number of hydrogen-bond acceptors (Lipinski definition) is 4. The summed E-state index contributed by atoms with van der Waals surface area (Å²) in [5.41, 5.74) is 0.290. The molecule has 0 aliphatic rings. The van der Waals surface area contributed by atoms with Gasteiger partial charge in [0, 0.05) is 11.5 Å². The second-order valence-corrected chi connectivity index (χ2v) is 3.71. The zero-order valence-electron chi connectivity index (χ0n) is 7.97. The van der Waals surface area contributed by atoms with Crippen molar-refractivity contribution in [3.63, 3.8) is 0 Å². The molecular formula is C10H6BrNO4. The summed E-state index contributed by atoms with van der Waals surface area (Å²) < 4.78 is 5.23. The summed E-state index contributed by atoms with van der Waals surface area (Å²) in [7, 11) is 0. The van der Waals surface area contributed by atoms with E-state index in [0.29, 0.717) is 11.0 Å². The number of carbonyl (C=O) groups excluding carboxylic acids is 1. The van der Waals surface area contributed by atoms with Gasteiger partial charge in [-0.2, -0.15) is 0 Å². The molecule has 0 spiro atoms. The van der Waals surface area contributed by atoms with E-state index in [1.165, 1.54) is 12.1 Å². The number of furan rings is 1. The van der Waals surface area contributed by atoms with E-state index in [2.05, 4.69) is 15.9 Å². The molecule has 0 unspecified atom stereocenters. The van der Waals surface area contributed by atoms with E-state index in [0.717, 1.165) is 0 Å². The Hall–Kier alpha value is -1.69. The van der Waals surface area contributed by atoms with Crippen molar-refractivity contribution in [3.05, 3.63) is 40.1 Å². The molecule has 0 radical (unpaired) electrons. The summed E-state index contributed by atoms with van der Waals surface area (Å²) in [6, 6.07) is 5.81. The van der Waals surface area contributed by atoms with Gasteiger partial charge in [-0.25, -0.2) is 0 Å². The van der Waals surface area contributed by atoms with Gasteiger partial charge in [0.1, 0.15) is 5.58 Å². The second-order valence-electron chi connectivity index (χ2n) is 3.15. The van der Waals surface area contributed by atoms with Gasteiger partial charge >= 0.3 is 0 Å². The summed E-state index contributed by atoms with van der Waals surface area (Å²) in [5.74, 6) is 0.00576. The number of hydrogen-bond donors (Lipinski definition) is 0. The van der Waals surface area contributed by atoms with Crippen LogP contribution in [0.2, 0.25) is 0 Å². The largest absolute Gasteiger partial charge is 0.453 e. The van der Waals surface area contributed by atoms with Gasteiger partial charge < -0.3 is 4.42 Å². The first-order chi connectivity index (χ1) is 7.61. The van der Waals surface area contributed by atoms with Crippen molar-refractivity contribution in [1.82, 2.24) is 0 Å². The molecule has 0 atom stereocenters. The zero-order chi connectivity index (χ0) is 11.7. The third kappa shape index (κ3) is 1.83. The van der Waals surface area contributed by atoms with Gasteiger partial charge in [0.2, 0.25) is 5.78 Å². The Morgan fingerprint density at radius 1 is 1.44 bits per heavy atom. The van der Waals surface area contributed by atoms with Crippen LogP contribution in [0, 0.1) is 10.1 Å². The third-order valence-corrected chi connectivity index (χ3v) is 2.62. The first-order valence-electron chi connectivity index (χ1n) is 4.39. The highest BCUT2D eigenvalue weighted by atomic mass is 79.9. The van der Waals surface area contributed by atoms with E-state index >= 15 is 0 Å². The number of halogens is 1. The van der Waals surface area contributed by atoms with Gasteiger partial charge in [0.05, 0.1) is 16.3 Å². The van der Waals surface area contributed by atoms with Crippen molar-refractivity contribution in [2.24, 2.45) is 0 Å². The molecule has 1 heterocycles. The fraction of sp³-hybridized carbons (Fsp3) is 0.100. The molecule has 0 saturated carbocycles. The Kier molecular flexibility index (Phi) is 2.74. The lowest BCUT2D eigenvalue weighted by Crippen LogP contribution is -1.96. The smallest absolute Gasteiger partial charge is 0.273 e. The number of rotatable bonds is 3. The van der Waals surface area contributed by atoms with Crippen molar-refractivity contribution >= 4 is 38.4 Å². The number of nitro benzene ring substituents is 1. The van der Waals surface area contributed by atoms with E-state index in [4.69, 9.17) is 4.42 Å². The van der Waals surface area contributed by atoms with Gasteiger partial charge in [-0.1, -0.05) is 15.9 Å². The lowest BCUT2D eigenvalue weighted by Gasteiger charge is -1.90. The summed E-state index contributed by atoms with van der Waals surface area (Å²) in [4.78, 5) is 21.4. The zero-order valence-corrected chi connectivity index (χ0v) is 9.56. The standard InChI is InChI=1S/C10H6BrNO4/c11-5-8(13)10-3-6-1-2-7(12(14)15)4-9(6)16-10/h1-4H,5H2. The predicted molar refractivity (Wildman–Crippen MR) is 61.0 cm³/mol. The fourth-order valence-electron chi connectivity index (χ4n) is 1.34. The molecule has 0 N–H and O–H groups in total. The Morgan fingerprint density at radius 2 is 2.19 bits per heavy atom. The number of ketones is 1. The molecule has 2 aromatic rings. The highest BCUT2D eigenvalue weighted by molar-refractivity contribution is 9.09. The van der Waals surface area contributed by atoms with Crippen molar-refractivity contribution in [3.8, 4) is 0 Å². The Bertz CT molecular complexity index is 575. The second kappa shape index (κ2) is 4.05. The normalized spacial score (nSPS) is 10.6. The summed E-state index contributed by atoms with van der Waals surface area (Å²) >= 11 is 3.03. The highest BCUT2D eigenvalue weighted by Crippen LogP contribution is 2.24. The lowest BCUT2D eigenvalue weighted by atomic mass is 10.2. The lowest BCUT2D eigenvalue weighted by molar-refractivity contribution is -0.384. The number of carbonyl (C=O) groups is 1. The molecule has 0 bridgehead atoms. The van der Waals surface area contributed by atoms with Crippen LogP contribution in [0.5, 0.6) is 0 Å². The molecule has 0 aliphatic carbocycles. The van der Waals surface area contributed by atoms with Crippen LogP contribution in [-0.2, 0) is 0 Å². The van der Waals surface area contributed by atoms with Crippen molar-refractivity contribution in [2.75, 3.05) is 5.33 Å². The molecule has 0 aliphatic heterocycles. The first-order valence-corrected chi connectivity index (χ1v) is 5.51. The van der Waals surface area contributed by atoms with Crippen molar-refractivity contribution in [1.29, 1.82) is 0 Å². The van der Waals surface area contributed by atoms with Crippen LogP contribution in [0.25, 0.3) is 11.0 Å². The monoisotopic (exact) mass is 283 g/mol. The van der Waals surface area contributed by atoms with E-state index < -0.39 is 4.92 Å². The van der Waals surface area contributed by atoms with E-state index in [9.17, 15) is 14.9 Å². The molecule has 6 heteroatoms. The number of nitro groups is 1. The quantitative estimate of drug-likeness (QED) is 0.376. The maximum atomic E-state index is 11.3. The minimum atomic E-state index is -0.506. The number of non-ortho nitro benzene ring substituents is 1. The maximum Gasteiger partial charge on any atom is 0.273 e. The van der Waals surface area contributed by atoms with Gasteiger partial charge in [0.25, 0.3) is 5.69 Å². The molecule has 0 fully saturated rings. The number of nitrogens with zero attached hydrogens (tertiary/aromatic N) is 1. The van der Waals surface area contributed by atoms with Crippen LogP contribution in [0.3, 0.4) is 0 Å². The van der Waals surface area contributed by atoms with Crippen LogP contribution < -0.4 is 0 Å². The molecule has 1 aromatic carbocycles. The average molecular weight is 284 g/mol. The molecule has 5 nitrogen and oxygen atoms in total. The first kappa shape index (κ1) is 10.8. The molecule has 0 amide bonds. The third-order valence-electron chi connectivity index (χ3n) is 2.11. The topological polar surface area (TPSA) is 73.3 Å². The average Bonchev–Trinajstić information content (AvgIpc) is 2.70. The summed E-state index contributed by atoms with van der Waals surface area (Å²) in [6.45, 7) is 0. The van der Waals surface area contributed by atoms with Crippen molar-refractivity contribution < 1.29 is 14.1 Å². The maximum absolute atomic E-state index is 11.3. The van der Waals surface area contributed by atoms with Crippen LogP contribution in [0.15, 0.2) is 28.7 Å². The molecule has 1 aromatic heterocycles. The minimum absolute atomic E-state index is 0.0558. The summed E-state index contributed by atoms with van der Waals surface area (Å²) in [6.07, 6.45) is 0. The Balaban J connectivity index is 2.54. The fourth-order valence-corrected chi connectivity index (χ4v) is 1.61.